The maximum absolute atomic E-state index is 8.18. The standard InChI is InChI=1S/C14H13N3S2/c1-9-4-3-5-10(2)12(9)17-11(8-19-14(17)15)13-16-6-7-18-13/h3-8,15H,1-2H3. The summed E-state index contributed by atoms with van der Waals surface area (Å²) in [5.74, 6) is 0. The number of aryl methyl sites for hydroxylation is 2. The lowest BCUT2D eigenvalue weighted by atomic mass is 10.1. The van der Waals surface area contributed by atoms with Gasteiger partial charge in [-0.3, -0.25) is 9.98 Å². The van der Waals surface area contributed by atoms with E-state index in [9.17, 15) is 0 Å². The van der Waals surface area contributed by atoms with Gasteiger partial charge in [-0.1, -0.05) is 18.2 Å². The summed E-state index contributed by atoms with van der Waals surface area (Å²) < 4.78 is 1.99. The predicted octanol–water partition coefficient (Wildman–Crippen LogP) is 3.76. The third-order valence-electron chi connectivity index (χ3n) is 3.04. The van der Waals surface area contributed by atoms with Crippen LogP contribution in [0, 0.1) is 19.3 Å². The number of para-hydroxylation sites is 1. The van der Waals surface area contributed by atoms with Crippen LogP contribution in [0.1, 0.15) is 11.1 Å². The molecular formula is C14H13N3S2. The van der Waals surface area contributed by atoms with E-state index < -0.39 is 0 Å². The van der Waals surface area contributed by atoms with E-state index in [1.54, 1.807) is 17.5 Å². The Labute approximate surface area is 119 Å². The monoisotopic (exact) mass is 287 g/mol. The van der Waals surface area contributed by atoms with E-state index in [-0.39, 0.29) is 0 Å². The molecule has 2 heterocycles. The van der Waals surface area contributed by atoms with E-state index in [1.807, 2.05) is 21.4 Å². The normalized spacial score (nSPS) is 10.8. The van der Waals surface area contributed by atoms with Crippen molar-refractivity contribution >= 4 is 22.7 Å². The molecule has 0 aliphatic carbocycles. The van der Waals surface area contributed by atoms with Gasteiger partial charge in [0, 0.05) is 17.0 Å². The van der Waals surface area contributed by atoms with Crippen molar-refractivity contribution in [2.45, 2.75) is 13.8 Å². The van der Waals surface area contributed by atoms with E-state index in [1.165, 1.54) is 22.5 Å². The molecule has 0 amide bonds. The number of benzene rings is 1. The SMILES string of the molecule is Cc1cccc(C)c1-n1c(-c2nccs2)csc1=N. The first-order valence-electron chi connectivity index (χ1n) is 5.90. The minimum atomic E-state index is 0.530. The fraction of sp³-hybridized carbons (Fsp3) is 0.143. The van der Waals surface area contributed by atoms with Crippen LogP contribution in [0.3, 0.4) is 0 Å². The lowest BCUT2D eigenvalue weighted by Crippen LogP contribution is -2.14. The number of nitrogens with one attached hydrogen (secondary N) is 1. The molecule has 0 saturated carbocycles. The van der Waals surface area contributed by atoms with Crippen LogP contribution in [0.2, 0.25) is 0 Å². The minimum absolute atomic E-state index is 0.530. The van der Waals surface area contributed by atoms with E-state index in [4.69, 9.17) is 5.41 Å². The van der Waals surface area contributed by atoms with Crippen molar-refractivity contribution in [3.8, 4) is 16.4 Å². The summed E-state index contributed by atoms with van der Waals surface area (Å²) in [6.45, 7) is 4.16. The van der Waals surface area contributed by atoms with Gasteiger partial charge < -0.3 is 0 Å². The summed E-state index contributed by atoms with van der Waals surface area (Å²) in [7, 11) is 0. The van der Waals surface area contributed by atoms with Crippen molar-refractivity contribution in [2.75, 3.05) is 0 Å². The van der Waals surface area contributed by atoms with Crippen molar-refractivity contribution in [2.24, 2.45) is 0 Å². The largest absolute Gasteiger partial charge is 0.283 e. The van der Waals surface area contributed by atoms with E-state index in [0.29, 0.717) is 4.80 Å². The Morgan fingerprint density at radius 3 is 2.53 bits per heavy atom. The number of hydrogen-bond acceptors (Lipinski definition) is 4. The molecule has 1 aromatic carbocycles. The number of hydrogen-bond donors (Lipinski definition) is 1. The highest BCUT2D eigenvalue weighted by Crippen LogP contribution is 2.27. The molecule has 0 saturated heterocycles. The quantitative estimate of drug-likeness (QED) is 0.766. The summed E-state index contributed by atoms with van der Waals surface area (Å²) in [5.41, 5.74) is 4.45. The molecule has 0 fully saturated rings. The van der Waals surface area contributed by atoms with Crippen LogP contribution in [0.4, 0.5) is 0 Å². The first-order valence-corrected chi connectivity index (χ1v) is 7.66. The highest BCUT2D eigenvalue weighted by atomic mass is 32.1. The van der Waals surface area contributed by atoms with Gasteiger partial charge in [-0.05, 0) is 25.0 Å². The van der Waals surface area contributed by atoms with Crippen LogP contribution in [0.25, 0.3) is 16.4 Å². The molecule has 5 heteroatoms. The van der Waals surface area contributed by atoms with Gasteiger partial charge >= 0.3 is 0 Å². The molecule has 0 spiro atoms. The molecule has 0 aliphatic heterocycles. The lowest BCUT2D eigenvalue weighted by molar-refractivity contribution is 0.962. The number of nitrogens with zero attached hydrogens (tertiary/aromatic N) is 2. The Morgan fingerprint density at radius 2 is 1.89 bits per heavy atom. The summed E-state index contributed by atoms with van der Waals surface area (Å²) in [4.78, 5) is 4.90. The van der Waals surface area contributed by atoms with Gasteiger partial charge in [0.05, 0.1) is 11.4 Å². The zero-order valence-corrected chi connectivity index (χ0v) is 12.3. The van der Waals surface area contributed by atoms with Gasteiger partial charge in [0.15, 0.2) is 4.80 Å². The molecule has 0 radical (unpaired) electrons. The maximum atomic E-state index is 8.18. The second-order valence-electron chi connectivity index (χ2n) is 4.34. The van der Waals surface area contributed by atoms with Crippen molar-refractivity contribution in [1.29, 1.82) is 5.41 Å². The third-order valence-corrected chi connectivity index (χ3v) is 4.58. The summed E-state index contributed by atoms with van der Waals surface area (Å²) in [6.07, 6.45) is 1.80. The van der Waals surface area contributed by atoms with Gasteiger partial charge in [-0.15, -0.1) is 22.7 Å². The number of rotatable bonds is 2. The zero-order valence-electron chi connectivity index (χ0n) is 10.7. The van der Waals surface area contributed by atoms with Crippen LogP contribution in [0.5, 0.6) is 0 Å². The topological polar surface area (TPSA) is 41.7 Å². The van der Waals surface area contributed by atoms with Crippen LogP contribution in [0.15, 0.2) is 35.2 Å². The van der Waals surface area contributed by atoms with E-state index in [2.05, 4.69) is 31.0 Å². The van der Waals surface area contributed by atoms with Gasteiger partial charge in [0.25, 0.3) is 0 Å². The first kappa shape index (κ1) is 12.3. The highest BCUT2D eigenvalue weighted by Gasteiger charge is 2.14. The van der Waals surface area contributed by atoms with Crippen LogP contribution in [-0.2, 0) is 0 Å². The molecule has 3 rings (SSSR count). The fourth-order valence-corrected chi connectivity index (χ4v) is 3.66. The van der Waals surface area contributed by atoms with Crippen molar-refractivity contribution in [1.82, 2.24) is 9.55 Å². The molecule has 3 nitrogen and oxygen atoms in total. The fourth-order valence-electron chi connectivity index (χ4n) is 2.20. The van der Waals surface area contributed by atoms with Crippen LogP contribution in [-0.4, -0.2) is 9.55 Å². The van der Waals surface area contributed by atoms with Gasteiger partial charge in [-0.25, -0.2) is 4.98 Å². The Bertz CT molecular complexity index is 746. The Morgan fingerprint density at radius 1 is 1.16 bits per heavy atom. The predicted molar refractivity (Wildman–Crippen MR) is 80.1 cm³/mol. The maximum Gasteiger partial charge on any atom is 0.187 e. The molecule has 0 unspecified atom stereocenters. The number of thiazole rings is 2. The van der Waals surface area contributed by atoms with Crippen molar-refractivity contribution < 1.29 is 0 Å². The first-order chi connectivity index (χ1) is 9.18. The molecular weight excluding hydrogens is 274 g/mol. The molecule has 1 N–H and O–H groups in total. The molecule has 0 bridgehead atoms. The Balaban J connectivity index is 2.32. The smallest absolute Gasteiger partial charge is 0.187 e. The minimum Gasteiger partial charge on any atom is -0.283 e. The Kier molecular flexibility index (Phi) is 3.08. The van der Waals surface area contributed by atoms with E-state index >= 15 is 0 Å². The average Bonchev–Trinajstić information content (AvgIpc) is 2.99. The van der Waals surface area contributed by atoms with Crippen LogP contribution >= 0.6 is 22.7 Å². The molecule has 0 atom stereocenters. The number of aromatic nitrogens is 2. The second kappa shape index (κ2) is 4.75. The molecule has 0 aliphatic rings. The van der Waals surface area contributed by atoms with Gasteiger partial charge in [0.2, 0.25) is 0 Å². The molecule has 3 aromatic rings. The second-order valence-corrected chi connectivity index (χ2v) is 6.09. The molecule has 96 valence electrons. The lowest BCUT2D eigenvalue weighted by Gasteiger charge is -2.13. The summed E-state index contributed by atoms with van der Waals surface area (Å²) >= 11 is 3.04. The molecule has 19 heavy (non-hydrogen) atoms. The van der Waals surface area contributed by atoms with Gasteiger partial charge in [0.1, 0.15) is 5.01 Å². The van der Waals surface area contributed by atoms with Crippen molar-refractivity contribution in [3.63, 3.8) is 0 Å². The van der Waals surface area contributed by atoms with Crippen LogP contribution < -0.4 is 4.80 Å². The summed E-state index contributed by atoms with van der Waals surface area (Å²) in [6, 6.07) is 6.21. The van der Waals surface area contributed by atoms with E-state index in [0.717, 1.165) is 16.4 Å². The Hall–Kier alpha value is -1.72. The van der Waals surface area contributed by atoms with Crippen molar-refractivity contribution in [3.05, 3.63) is 51.1 Å². The average molecular weight is 287 g/mol. The van der Waals surface area contributed by atoms with Gasteiger partial charge in [-0.2, -0.15) is 0 Å². The molecule has 2 aromatic heterocycles. The zero-order chi connectivity index (χ0) is 13.4. The highest BCUT2D eigenvalue weighted by molar-refractivity contribution is 7.13. The summed E-state index contributed by atoms with van der Waals surface area (Å²) in [5, 5.41) is 13.1. The third kappa shape index (κ3) is 2.05.